The molecule has 0 bridgehead atoms. The van der Waals surface area contributed by atoms with Gasteiger partial charge in [-0.25, -0.2) is 13.2 Å². The Bertz CT molecular complexity index is 401. The van der Waals surface area contributed by atoms with Gasteiger partial charge in [-0.15, -0.1) is 13.2 Å². The van der Waals surface area contributed by atoms with Crippen molar-refractivity contribution in [2.45, 2.75) is 6.36 Å². The first-order valence-corrected chi connectivity index (χ1v) is 3.62. The summed E-state index contributed by atoms with van der Waals surface area (Å²) in [5.41, 5.74) is 6.76. The van der Waals surface area contributed by atoms with E-state index in [1.807, 2.05) is 0 Å². The molecule has 9 heteroatoms. The van der Waals surface area contributed by atoms with Gasteiger partial charge in [-0.3, -0.25) is 0 Å². The van der Waals surface area contributed by atoms with E-state index in [1.165, 1.54) is 0 Å². The molecule has 0 atom stereocenters. The number of hydrogen-bond donors (Lipinski definition) is 2. The summed E-state index contributed by atoms with van der Waals surface area (Å²) >= 11 is 0. The fraction of sp³-hybridized carbons (Fsp3) is 0.143. The highest BCUT2D eigenvalue weighted by molar-refractivity contribution is 5.61. The lowest BCUT2D eigenvalue weighted by Crippen LogP contribution is -2.20. The van der Waals surface area contributed by atoms with E-state index < -0.39 is 40.9 Å². The highest BCUT2D eigenvalue weighted by Crippen LogP contribution is 2.36. The molecule has 0 fully saturated rings. The van der Waals surface area contributed by atoms with E-state index in [-0.39, 0.29) is 0 Å². The quantitative estimate of drug-likeness (QED) is 0.589. The van der Waals surface area contributed by atoms with Crippen LogP contribution in [0.2, 0.25) is 0 Å². The van der Waals surface area contributed by atoms with Gasteiger partial charge in [-0.05, 0) is 0 Å². The number of alkyl halides is 3. The Morgan fingerprint density at radius 3 is 1.50 bits per heavy atom. The SMILES string of the molecule is Nc1c(F)c(N)c(F)c(OC(F)(F)F)c1F. The Balaban J connectivity index is 3.40. The second-order valence-electron chi connectivity index (χ2n) is 2.65. The van der Waals surface area contributed by atoms with Gasteiger partial charge in [0.15, 0.2) is 17.5 Å². The van der Waals surface area contributed by atoms with E-state index in [4.69, 9.17) is 11.5 Å². The molecule has 1 aromatic carbocycles. The predicted molar refractivity (Wildman–Crippen MR) is 41.8 cm³/mol. The maximum absolute atomic E-state index is 12.9. The molecular formula is C7H4F6N2O. The molecule has 0 aliphatic rings. The Hall–Kier alpha value is -1.80. The van der Waals surface area contributed by atoms with Gasteiger partial charge in [-0.1, -0.05) is 0 Å². The van der Waals surface area contributed by atoms with Crippen molar-refractivity contribution < 1.29 is 31.1 Å². The second-order valence-corrected chi connectivity index (χ2v) is 2.65. The molecule has 4 N–H and O–H groups in total. The second kappa shape index (κ2) is 3.65. The number of rotatable bonds is 1. The van der Waals surface area contributed by atoms with Crippen LogP contribution >= 0.6 is 0 Å². The van der Waals surface area contributed by atoms with Crippen molar-refractivity contribution in [3.8, 4) is 5.75 Å². The number of ether oxygens (including phenoxy) is 1. The molecule has 0 aliphatic carbocycles. The summed E-state index contributed by atoms with van der Waals surface area (Å²) in [4.78, 5) is 0. The topological polar surface area (TPSA) is 61.3 Å². The van der Waals surface area contributed by atoms with Crippen molar-refractivity contribution in [1.82, 2.24) is 0 Å². The molecule has 90 valence electrons. The van der Waals surface area contributed by atoms with Gasteiger partial charge >= 0.3 is 6.36 Å². The summed E-state index contributed by atoms with van der Waals surface area (Å²) < 4.78 is 76.9. The number of halogens is 6. The van der Waals surface area contributed by atoms with Crippen molar-refractivity contribution in [1.29, 1.82) is 0 Å². The highest BCUT2D eigenvalue weighted by Gasteiger charge is 2.36. The maximum atomic E-state index is 12.9. The maximum Gasteiger partial charge on any atom is 0.573 e. The predicted octanol–water partition coefficient (Wildman–Crippen LogP) is 2.17. The van der Waals surface area contributed by atoms with Crippen molar-refractivity contribution in [3.63, 3.8) is 0 Å². The van der Waals surface area contributed by atoms with Gasteiger partial charge in [0.1, 0.15) is 11.4 Å². The molecule has 0 saturated heterocycles. The normalized spacial score (nSPS) is 11.6. The van der Waals surface area contributed by atoms with Gasteiger partial charge in [0.05, 0.1) is 0 Å². The molecular weight excluding hydrogens is 242 g/mol. The van der Waals surface area contributed by atoms with E-state index in [1.54, 1.807) is 0 Å². The van der Waals surface area contributed by atoms with Crippen LogP contribution in [0.4, 0.5) is 37.7 Å². The summed E-state index contributed by atoms with van der Waals surface area (Å²) in [6, 6.07) is 0. The zero-order valence-corrected chi connectivity index (χ0v) is 7.33. The molecule has 0 aromatic heterocycles. The van der Waals surface area contributed by atoms with Crippen LogP contribution in [-0.2, 0) is 0 Å². The van der Waals surface area contributed by atoms with Crippen molar-refractivity contribution in [3.05, 3.63) is 17.5 Å². The third kappa shape index (κ3) is 2.07. The highest BCUT2D eigenvalue weighted by atomic mass is 19.4. The Morgan fingerprint density at radius 2 is 1.19 bits per heavy atom. The van der Waals surface area contributed by atoms with Gasteiger partial charge in [0, 0.05) is 0 Å². The molecule has 0 radical (unpaired) electrons. The first-order chi connectivity index (χ1) is 7.15. The van der Waals surface area contributed by atoms with Gasteiger partial charge in [-0.2, -0.15) is 0 Å². The third-order valence-corrected chi connectivity index (χ3v) is 1.56. The number of nitrogens with two attached hydrogens (primary N) is 2. The third-order valence-electron chi connectivity index (χ3n) is 1.56. The van der Waals surface area contributed by atoms with Crippen molar-refractivity contribution >= 4 is 11.4 Å². The fourth-order valence-corrected chi connectivity index (χ4v) is 0.884. The Morgan fingerprint density at radius 1 is 0.812 bits per heavy atom. The van der Waals surface area contributed by atoms with Crippen molar-refractivity contribution in [2.75, 3.05) is 11.5 Å². The average Bonchev–Trinajstić information content (AvgIpc) is 2.17. The van der Waals surface area contributed by atoms with Gasteiger partial charge in [0.2, 0.25) is 5.75 Å². The molecule has 0 saturated carbocycles. The summed E-state index contributed by atoms with van der Waals surface area (Å²) in [7, 11) is 0. The largest absolute Gasteiger partial charge is 0.573 e. The van der Waals surface area contributed by atoms with Gasteiger partial charge < -0.3 is 16.2 Å². The van der Waals surface area contributed by atoms with Crippen LogP contribution in [0.5, 0.6) is 5.75 Å². The zero-order valence-electron chi connectivity index (χ0n) is 7.33. The lowest BCUT2D eigenvalue weighted by molar-refractivity contribution is -0.276. The first-order valence-electron chi connectivity index (χ1n) is 3.62. The summed E-state index contributed by atoms with van der Waals surface area (Å²) in [5, 5.41) is 0. The monoisotopic (exact) mass is 246 g/mol. The van der Waals surface area contributed by atoms with Crippen molar-refractivity contribution in [2.24, 2.45) is 0 Å². The molecule has 0 spiro atoms. The fourth-order valence-electron chi connectivity index (χ4n) is 0.884. The number of hydrogen-bond acceptors (Lipinski definition) is 3. The minimum atomic E-state index is -5.35. The van der Waals surface area contributed by atoms with Crippen LogP contribution in [-0.4, -0.2) is 6.36 Å². The van der Waals surface area contributed by atoms with Crippen LogP contribution < -0.4 is 16.2 Å². The molecule has 0 amide bonds. The van der Waals surface area contributed by atoms with Crippen LogP contribution in [0.1, 0.15) is 0 Å². The average molecular weight is 246 g/mol. The first kappa shape index (κ1) is 12.3. The van der Waals surface area contributed by atoms with Crippen LogP contribution in [0.3, 0.4) is 0 Å². The zero-order chi connectivity index (χ0) is 12.7. The molecule has 16 heavy (non-hydrogen) atoms. The smallest absolute Gasteiger partial charge is 0.399 e. The van der Waals surface area contributed by atoms with E-state index in [9.17, 15) is 26.3 Å². The number of anilines is 2. The lowest BCUT2D eigenvalue weighted by Gasteiger charge is -2.13. The van der Waals surface area contributed by atoms with Gasteiger partial charge in [0.25, 0.3) is 0 Å². The summed E-state index contributed by atoms with van der Waals surface area (Å²) in [6.45, 7) is 0. The number of nitrogen functional groups attached to an aromatic ring is 2. The van der Waals surface area contributed by atoms with Crippen LogP contribution in [0.15, 0.2) is 0 Å². The van der Waals surface area contributed by atoms with Crippen LogP contribution in [0.25, 0.3) is 0 Å². The van der Waals surface area contributed by atoms with E-state index >= 15 is 0 Å². The van der Waals surface area contributed by atoms with E-state index in [0.29, 0.717) is 0 Å². The molecule has 3 nitrogen and oxygen atoms in total. The minimum Gasteiger partial charge on any atom is -0.399 e. The Labute approximate surface area is 84.6 Å². The lowest BCUT2D eigenvalue weighted by atomic mass is 10.2. The van der Waals surface area contributed by atoms with Crippen LogP contribution in [0, 0.1) is 17.5 Å². The molecule has 0 heterocycles. The minimum absolute atomic E-state index is 1.35. The summed E-state index contributed by atoms with van der Waals surface area (Å²) in [5.74, 6) is -7.56. The standard InChI is InChI=1S/C7H4F6N2O/c8-1-4(14)2(9)6(3(10)5(1)15)16-7(11,12)13/h14-15H2. The van der Waals surface area contributed by atoms with E-state index in [2.05, 4.69) is 4.74 Å². The molecule has 0 unspecified atom stereocenters. The molecule has 1 rings (SSSR count). The summed E-state index contributed by atoms with van der Waals surface area (Å²) in [6.07, 6.45) is -5.35. The Kier molecular flexibility index (Phi) is 2.80. The molecule has 0 aliphatic heterocycles. The number of benzene rings is 1. The molecule has 1 aromatic rings. The van der Waals surface area contributed by atoms with E-state index in [0.717, 1.165) is 0 Å².